The molecule has 1 aliphatic carbocycles. The van der Waals surface area contributed by atoms with Crippen molar-refractivity contribution in [2.75, 3.05) is 6.61 Å². The Balaban J connectivity index is 1.96. The van der Waals surface area contributed by atoms with Gasteiger partial charge in [0, 0.05) is 23.9 Å². The zero-order valence-electron chi connectivity index (χ0n) is 13.1. The third-order valence-corrected chi connectivity index (χ3v) is 5.68. The molecule has 1 aliphatic heterocycles. The minimum atomic E-state index is -0.0732. The third-order valence-electron chi connectivity index (χ3n) is 4.32. The molecular weight excluding hydrogens is 268 g/mol. The van der Waals surface area contributed by atoms with Crippen LogP contribution in [0.2, 0.25) is 0 Å². The molecule has 1 aromatic rings. The van der Waals surface area contributed by atoms with Crippen LogP contribution < -0.4 is 5.32 Å². The molecule has 2 heterocycles. The highest BCUT2D eigenvalue weighted by atomic mass is 32.1. The molecule has 0 bridgehead atoms. The minimum Gasteiger partial charge on any atom is -0.375 e. The number of hydrogen-bond donors (Lipinski definition) is 1. The Morgan fingerprint density at radius 2 is 2.10 bits per heavy atom. The standard InChI is InChI=1S/C16H26N2OS/c1-11(2)18-16(8-9-19-15(3,4)10-16)14-17-12-6-5-7-13(12)20-14/h11,18H,5-10H2,1-4H3. The molecule has 3 rings (SSSR count). The van der Waals surface area contributed by atoms with Gasteiger partial charge in [-0.3, -0.25) is 0 Å². The predicted octanol–water partition coefficient (Wildman–Crippen LogP) is 3.41. The summed E-state index contributed by atoms with van der Waals surface area (Å²) >= 11 is 1.94. The minimum absolute atomic E-state index is 0.00488. The van der Waals surface area contributed by atoms with Crippen LogP contribution in [0.25, 0.3) is 0 Å². The lowest BCUT2D eigenvalue weighted by molar-refractivity contribution is -0.0914. The highest BCUT2D eigenvalue weighted by Gasteiger charge is 2.45. The summed E-state index contributed by atoms with van der Waals surface area (Å²) in [5.41, 5.74) is 1.29. The number of aromatic nitrogens is 1. The van der Waals surface area contributed by atoms with E-state index in [0.717, 1.165) is 19.4 Å². The quantitative estimate of drug-likeness (QED) is 0.927. The summed E-state index contributed by atoms with van der Waals surface area (Å²) in [5.74, 6) is 0. The van der Waals surface area contributed by atoms with Crippen LogP contribution in [0.15, 0.2) is 0 Å². The average Bonchev–Trinajstić information content (AvgIpc) is 2.85. The Morgan fingerprint density at radius 1 is 1.30 bits per heavy atom. The van der Waals surface area contributed by atoms with Crippen molar-refractivity contribution in [3.05, 3.63) is 15.6 Å². The number of aryl methyl sites for hydroxylation is 2. The fourth-order valence-electron chi connectivity index (χ4n) is 3.68. The summed E-state index contributed by atoms with van der Waals surface area (Å²) in [4.78, 5) is 6.53. The molecule has 1 saturated heterocycles. The lowest BCUT2D eigenvalue weighted by Crippen LogP contribution is -2.54. The number of fused-ring (bicyclic) bond motifs is 1. The summed E-state index contributed by atoms with van der Waals surface area (Å²) in [6.45, 7) is 9.67. The normalized spacial score (nSPS) is 28.9. The second-order valence-electron chi connectivity index (χ2n) is 7.16. The molecule has 0 amide bonds. The zero-order chi connectivity index (χ0) is 14.4. The molecule has 0 aromatic carbocycles. The molecule has 0 radical (unpaired) electrons. The molecule has 4 heteroatoms. The van der Waals surface area contributed by atoms with Crippen molar-refractivity contribution in [2.24, 2.45) is 0 Å². The van der Waals surface area contributed by atoms with E-state index in [1.807, 2.05) is 11.3 Å². The summed E-state index contributed by atoms with van der Waals surface area (Å²) in [7, 11) is 0. The maximum Gasteiger partial charge on any atom is 0.113 e. The molecule has 3 nitrogen and oxygen atoms in total. The van der Waals surface area contributed by atoms with Crippen molar-refractivity contribution in [3.63, 3.8) is 0 Å². The Morgan fingerprint density at radius 3 is 2.75 bits per heavy atom. The van der Waals surface area contributed by atoms with E-state index < -0.39 is 0 Å². The number of ether oxygens (including phenoxy) is 1. The van der Waals surface area contributed by atoms with E-state index in [0.29, 0.717) is 6.04 Å². The molecule has 1 fully saturated rings. The van der Waals surface area contributed by atoms with Gasteiger partial charge in [-0.15, -0.1) is 11.3 Å². The number of nitrogens with zero attached hydrogens (tertiary/aromatic N) is 1. The van der Waals surface area contributed by atoms with Gasteiger partial charge < -0.3 is 10.1 Å². The summed E-state index contributed by atoms with van der Waals surface area (Å²) in [6.07, 6.45) is 5.72. The molecule has 1 unspecified atom stereocenters. The van der Waals surface area contributed by atoms with E-state index in [1.54, 1.807) is 0 Å². The van der Waals surface area contributed by atoms with Gasteiger partial charge in [0.25, 0.3) is 0 Å². The van der Waals surface area contributed by atoms with E-state index >= 15 is 0 Å². The molecule has 0 spiro atoms. The van der Waals surface area contributed by atoms with Crippen molar-refractivity contribution in [1.29, 1.82) is 0 Å². The molecule has 1 atom stereocenters. The first-order chi connectivity index (χ1) is 9.40. The van der Waals surface area contributed by atoms with Gasteiger partial charge in [-0.2, -0.15) is 0 Å². The fraction of sp³-hybridized carbons (Fsp3) is 0.812. The van der Waals surface area contributed by atoms with Gasteiger partial charge in [-0.25, -0.2) is 4.98 Å². The number of hydrogen-bond acceptors (Lipinski definition) is 4. The molecule has 112 valence electrons. The summed E-state index contributed by atoms with van der Waals surface area (Å²) in [6, 6.07) is 0.461. The fourth-order valence-corrected chi connectivity index (χ4v) is 5.01. The molecule has 0 saturated carbocycles. The maximum absolute atomic E-state index is 5.94. The Hall–Kier alpha value is -0.450. The first kappa shape index (κ1) is 14.5. The predicted molar refractivity (Wildman–Crippen MR) is 83.4 cm³/mol. The Bertz CT molecular complexity index is 473. The van der Waals surface area contributed by atoms with Crippen LogP contribution in [-0.4, -0.2) is 23.2 Å². The molecule has 1 N–H and O–H groups in total. The van der Waals surface area contributed by atoms with Crippen molar-refractivity contribution in [2.45, 2.75) is 77.0 Å². The first-order valence-corrected chi connectivity index (χ1v) is 8.63. The van der Waals surface area contributed by atoms with Crippen LogP contribution in [-0.2, 0) is 23.1 Å². The van der Waals surface area contributed by atoms with Gasteiger partial charge in [0.15, 0.2) is 0 Å². The Kier molecular flexibility index (Phi) is 3.68. The number of thiazole rings is 1. The van der Waals surface area contributed by atoms with E-state index in [1.165, 1.54) is 34.8 Å². The van der Waals surface area contributed by atoms with Crippen molar-refractivity contribution < 1.29 is 4.74 Å². The van der Waals surface area contributed by atoms with Gasteiger partial charge >= 0.3 is 0 Å². The van der Waals surface area contributed by atoms with Crippen LogP contribution in [0.3, 0.4) is 0 Å². The van der Waals surface area contributed by atoms with Crippen molar-refractivity contribution >= 4 is 11.3 Å². The zero-order valence-corrected chi connectivity index (χ0v) is 13.9. The van der Waals surface area contributed by atoms with E-state index in [-0.39, 0.29) is 11.1 Å². The van der Waals surface area contributed by atoms with Gasteiger partial charge in [0.2, 0.25) is 0 Å². The SMILES string of the molecule is CC(C)NC1(c2nc3c(s2)CCC3)CCOC(C)(C)C1. The van der Waals surface area contributed by atoms with Gasteiger partial charge in [-0.05, 0) is 53.4 Å². The molecule has 2 aliphatic rings. The van der Waals surface area contributed by atoms with E-state index in [4.69, 9.17) is 9.72 Å². The van der Waals surface area contributed by atoms with Crippen LogP contribution in [0, 0.1) is 0 Å². The summed E-state index contributed by atoms with van der Waals surface area (Å²) in [5, 5.41) is 5.12. The smallest absolute Gasteiger partial charge is 0.113 e. The topological polar surface area (TPSA) is 34.2 Å². The van der Waals surface area contributed by atoms with Crippen molar-refractivity contribution in [1.82, 2.24) is 10.3 Å². The second-order valence-corrected chi connectivity index (χ2v) is 8.24. The molecule has 1 aromatic heterocycles. The second kappa shape index (κ2) is 5.08. The average molecular weight is 294 g/mol. The molecular formula is C16H26N2OS. The first-order valence-electron chi connectivity index (χ1n) is 7.81. The number of rotatable bonds is 3. The largest absolute Gasteiger partial charge is 0.375 e. The highest BCUT2D eigenvalue weighted by molar-refractivity contribution is 7.12. The van der Waals surface area contributed by atoms with Crippen LogP contribution in [0.4, 0.5) is 0 Å². The lowest BCUT2D eigenvalue weighted by atomic mass is 9.81. The number of nitrogens with one attached hydrogen (secondary N) is 1. The van der Waals surface area contributed by atoms with Gasteiger partial charge in [0.05, 0.1) is 16.8 Å². The monoisotopic (exact) mass is 294 g/mol. The highest BCUT2D eigenvalue weighted by Crippen LogP contribution is 2.43. The van der Waals surface area contributed by atoms with E-state index in [2.05, 4.69) is 33.0 Å². The van der Waals surface area contributed by atoms with E-state index in [9.17, 15) is 0 Å². The third kappa shape index (κ3) is 2.66. The van der Waals surface area contributed by atoms with Crippen LogP contribution in [0.1, 0.15) is 62.5 Å². The van der Waals surface area contributed by atoms with Crippen molar-refractivity contribution in [3.8, 4) is 0 Å². The maximum atomic E-state index is 5.94. The Labute approximate surface area is 126 Å². The van der Waals surface area contributed by atoms with Crippen LogP contribution >= 0.6 is 11.3 Å². The summed E-state index contributed by atoms with van der Waals surface area (Å²) < 4.78 is 5.94. The van der Waals surface area contributed by atoms with Gasteiger partial charge in [0.1, 0.15) is 5.01 Å². The van der Waals surface area contributed by atoms with Gasteiger partial charge in [-0.1, -0.05) is 0 Å². The molecule has 20 heavy (non-hydrogen) atoms. The van der Waals surface area contributed by atoms with Crippen LogP contribution in [0.5, 0.6) is 0 Å². The lowest BCUT2D eigenvalue weighted by Gasteiger charge is -2.45.